The van der Waals surface area contributed by atoms with Crippen LogP contribution in [0.4, 0.5) is 0 Å². The normalized spacial score (nSPS) is 11.2. The van der Waals surface area contributed by atoms with Crippen LogP contribution in [0.5, 0.6) is 5.75 Å². The molecule has 0 bridgehead atoms. The van der Waals surface area contributed by atoms with Gasteiger partial charge in [-0.3, -0.25) is 4.79 Å². The summed E-state index contributed by atoms with van der Waals surface area (Å²) < 4.78 is 8.21. The molecule has 2 aromatic carbocycles. The minimum atomic E-state index is 0.153. The van der Waals surface area contributed by atoms with Gasteiger partial charge in [0.2, 0.25) is 5.91 Å². The van der Waals surface area contributed by atoms with E-state index in [1.807, 2.05) is 36.4 Å². The number of aryl methyl sites for hydroxylation is 2. The summed E-state index contributed by atoms with van der Waals surface area (Å²) >= 11 is 0. The largest absolute Gasteiger partial charge is 0.494 e. The number of benzene rings is 2. The van der Waals surface area contributed by atoms with Crippen molar-refractivity contribution in [1.82, 2.24) is 14.9 Å². The van der Waals surface area contributed by atoms with Crippen LogP contribution < -0.4 is 10.1 Å². The van der Waals surface area contributed by atoms with E-state index in [0.29, 0.717) is 6.61 Å². The van der Waals surface area contributed by atoms with Crippen LogP contribution in [-0.4, -0.2) is 28.6 Å². The molecule has 172 valence electrons. The monoisotopic (exact) mass is 435 g/mol. The molecule has 1 amide bonds. The lowest BCUT2D eigenvalue weighted by Crippen LogP contribution is -2.30. The lowest BCUT2D eigenvalue weighted by Gasteiger charge is -2.12. The lowest BCUT2D eigenvalue weighted by molar-refractivity contribution is -0.125. The van der Waals surface area contributed by atoms with Crippen LogP contribution in [0.25, 0.3) is 11.0 Å². The summed E-state index contributed by atoms with van der Waals surface area (Å²) in [6.07, 6.45) is 6.88. The summed E-state index contributed by atoms with van der Waals surface area (Å²) in [5.41, 5.74) is 2.25. The average Bonchev–Trinajstić information content (AvgIpc) is 3.18. The zero-order valence-electron chi connectivity index (χ0n) is 19.6. The third kappa shape index (κ3) is 6.84. The number of ether oxygens (including phenoxy) is 1. The van der Waals surface area contributed by atoms with E-state index in [1.54, 1.807) is 0 Å². The van der Waals surface area contributed by atoms with Gasteiger partial charge in [-0.2, -0.15) is 0 Å². The Morgan fingerprint density at radius 1 is 0.969 bits per heavy atom. The Kier molecular flexibility index (Phi) is 9.60. The Morgan fingerprint density at radius 2 is 1.72 bits per heavy atom. The third-order valence-corrected chi connectivity index (χ3v) is 6.00. The first kappa shape index (κ1) is 23.8. The van der Waals surface area contributed by atoms with Crippen molar-refractivity contribution in [1.29, 1.82) is 0 Å². The van der Waals surface area contributed by atoms with Gasteiger partial charge in [0.1, 0.15) is 11.6 Å². The molecule has 0 unspecified atom stereocenters. The Labute approximate surface area is 192 Å². The number of unbranched alkanes of at least 4 members (excludes halogenated alkanes) is 2. The van der Waals surface area contributed by atoms with Gasteiger partial charge in [-0.05, 0) is 56.4 Å². The number of carbonyl (C=O) groups excluding carboxylic acids is 1. The number of hydrogen-bond donors (Lipinski definition) is 1. The van der Waals surface area contributed by atoms with E-state index in [9.17, 15) is 4.79 Å². The Morgan fingerprint density at radius 3 is 2.50 bits per heavy atom. The van der Waals surface area contributed by atoms with Crippen molar-refractivity contribution in [3.05, 3.63) is 60.4 Å². The van der Waals surface area contributed by atoms with Gasteiger partial charge in [0.05, 0.1) is 17.6 Å². The van der Waals surface area contributed by atoms with Crippen molar-refractivity contribution in [2.24, 2.45) is 5.92 Å². The second-order valence-corrected chi connectivity index (χ2v) is 8.30. The zero-order valence-corrected chi connectivity index (χ0v) is 19.6. The van der Waals surface area contributed by atoms with Crippen LogP contribution in [0.3, 0.4) is 0 Å². The molecule has 0 atom stereocenters. The minimum absolute atomic E-state index is 0.153. The second-order valence-electron chi connectivity index (χ2n) is 8.30. The number of nitrogens with zero attached hydrogens (tertiary/aromatic N) is 2. The summed E-state index contributed by atoms with van der Waals surface area (Å²) in [6, 6.07) is 18.3. The van der Waals surface area contributed by atoms with Crippen LogP contribution in [0, 0.1) is 5.92 Å². The van der Waals surface area contributed by atoms with Gasteiger partial charge < -0.3 is 14.6 Å². The number of hydrogen-bond acceptors (Lipinski definition) is 3. The number of fused-ring (bicyclic) bond motifs is 1. The van der Waals surface area contributed by atoms with Crippen molar-refractivity contribution >= 4 is 16.9 Å². The maximum Gasteiger partial charge on any atom is 0.223 e. The second kappa shape index (κ2) is 12.9. The van der Waals surface area contributed by atoms with Crippen molar-refractivity contribution in [2.75, 3.05) is 13.2 Å². The highest BCUT2D eigenvalue weighted by atomic mass is 16.5. The molecule has 0 aliphatic carbocycles. The van der Waals surface area contributed by atoms with Crippen LogP contribution >= 0.6 is 0 Å². The average molecular weight is 436 g/mol. The summed E-state index contributed by atoms with van der Waals surface area (Å²) in [7, 11) is 0. The molecule has 0 fully saturated rings. The van der Waals surface area contributed by atoms with Crippen molar-refractivity contribution in [2.45, 2.75) is 65.3 Å². The van der Waals surface area contributed by atoms with Gasteiger partial charge in [-0.25, -0.2) is 4.98 Å². The minimum Gasteiger partial charge on any atom is -0.494 e. The van der Waals surface area contributed by atoms with Gasteiger partial charge >= 0.3 is 0 Å². The Balaban J connectivity index is 1.46. The molecule has 1 aromatic heterocycles. The Bertz CT molecular complexity index is 948. The number of rotatable bonds is 14. The van der Waals surface area contributed by atoms with Crippen molar-refractivity contribution in [3.8, 4) is 5.75 Å². The molecule has 1 N–H and O–H groups in total. The fraction of sp³-hybridized carbons (Fsp3) is 0.481. The SMILES string of the molecule is CCC(CC)C(=O)NCCCCCc1nc2ccccc2n1CCCOc1ccccc1. The predicted molar refractivity (Wildman–Crippen MR) is 131 cm³/mol. The maximum atomic E-state index is 12.1. The fourth-order valence-electron chi connectivity index (χ4n) is 4.10. The first-order valence-electron chi connectivity index (χ1n) is 12.1. The fourth-order valence-corrected chi connectivity index (χ4v) is 4.10. The summed E-state index contributed by atoms with van der Waals surface area (Å²) in [6.45, 7) is 6.50. The number of para-hydroxylation sites is 3. The van der Waals surface area contributed by atoms with Gasteiger partial charge in [-0.15, -0.1) is 0 Å². The first-order valence-corrected chi connectivity index (χ1v) is 12.1. The molecular weight excluding hydrogens is 398 g/mol. The van der Waals surface area contributed by atoms with E-state index in [2.05, 4.69) is 41.9 Å². The van der Waals surface area contributed by atoms with E-state index in [0.717, 1.165) is 75.1 Å². The van der Waals surface area contributed by atoms with Crippen molar-refractivity contribution < 1.29 is 9.53 Å². The molecule has 0 spiro atoms. The molecule has 0 saturated carbocycles. The van der Waals surface area contributed by atoms with E-state index in [-0.39, 0.29) is 11.8 Å². The number of amides is 1. The summed E-state index contributed by atoms with van der Waals surface area (Å²) in [5.74, 6) is 2.42. The molecule has 3 aromatic rings. The highest BCUT2D eigenvalue weighted by molar-refractivity contribution is 5.78. The zero-order chi connectivity index (χ0) is 22.6. The first-order chi connectivity index (χ1) is 15.7. The van der Waals surface area contributed by atoms with Gasteiger partial charge in [0.15, 0.2) is 0 Å². The van der Waals surface area contributed by atoms with Gasteiger partial charge in [-0.1, -0.05) is 50.6 Å². The van der Waals surface area contributed by atoms with E-state index in [4.69, 9.17) is 9.72 Å². The standard InChI is InChI=1S/C27H37N3O2/c1-3-22(4-2)27(31)28-19-12-6-9-18-26-29-24-16-10-11-17-25(24)30(26)20-13-21-32-23-14-7-5-8-15-23/h5,7-8,10-11,14-17,22H,3-4,6,9,12-13,18-21H2,1-2H3,(H,28,31). The third-order valence-electron chi connectivity index (χ3n) is 6.00. The van der Waals surface area contributed by atoms with E-state index in [1.165, 1.54) is 5.52 Å². The molecule has 1 heterocycles. The number of imidazole rings is 1. The molecule has 32 heavy (non-hydrogen) atoms. The molecule has 0 aliphatic heterocycles. The molecule has 0 saturated heterocycles. The van der Waals surface area contributed by atoms with Gasteiger partial charge in [0, 0.05) is 25.4 Å². The smallest absolute Gasteiger partial charge is 0.223 e. The molecule has 5 nitrogen and oxygen atoms in total. The molecule has 0 radical (unpaired) electrons. The highest BCUT2D eigenvalue weighted by Crippen LogP contribution is 2.19. The Hall–Kier alpha value is -2.82. The van der Waals surface area contributed by atoms with Crippen LogP contribution in [0.1, 0.15) is 58.2 Å². The topological polar surface area (TPSA) is 56.2 Å². The predicted octanol–water partition coefficient (Wildman–Crippen LogP) is 5.77. The molecule has 0 aliphatic rings. The van der Waals surface area contributed by atoms with E-state index < -0.39 is 0 Å². The van der Waals surface area contributed by atoms with Gasteiger partial charge in [0.25, 0.3) is 0 Å². The maximum absolute atomic E-state index is 12.1. The molecular formula is C27H37N3O2. The van der Waals surface area contributed by atoms with Crippen molar-refractivity contribution in [3.63, 3.8) is 0 Å². The quantitative estimate of drug-likeness (QED) is 0.327. The summed E-state index contributed by atoms with van der Waals surface area (Å²) in [5, 5.41) is 3.09. The van der Waals surface area contributed by atoms with Crippen LogP contribution in [0.15, 0.2) is 54.6 Å². The number of carbonyl (C=O) groups is 1. The lowest BCUT2D eigenvalue weighted by atomic mass is 10.0. The molecule has 3 rings (SSSR count). The number of aromatic nitrogens is 2. The highest BCUT2D eigenvalue weighted by Gasteiger charge is 2.13. The number of nitrogens with one attached hydrogen (secondary N) is 1. The van der Waals surface area contributed by atoms with Crippen LogP contribution in [0.2, 0.25) is 0 Å². The van der Waals surface area contributed by atoms with E-state index >= 15 is 0 Å². The van der Waals surface area contributed by atoms with Crippen LogP contribution in [-0.2, 0) is 17.8 Å². The molecule has 5 heteroatoms. The summed E-state index contributed by atoms with van der Waals surface area (Å²) in [4.78, 5) is 17.0.